The van der Waals surface area contributed by atoms with Gasteiger partial charge in [0, 0.05) is 11.8 Å². The highest BCUT2D eigenvalue weighted by atomic mass is 16.5. The molecule has 5 nitrogen and oxygen atoms in total. The summed E-state index contributed by atoms with van der Waals surface area (Å²) in [5.74, 6) is 0.626. The fraction of sp³-hybridized carbons (Fsp3) is 0.154. The molecular weight excluding hydrogens is 230 g/mol. The molecule has 0 amide bonds. The molecule has 0 aliphatic heterocycles. The lowest BCUT2D eigenvalue weighted by Crippen LogP contribution is -2.17. The maximum absolute atomic E-state index is 11.5. The van der Waals surface area contributed by atoms with Crippen molar-refractivity contribution in [2.75, 3.05) is 7.11 Å². The number of hydrogen-bond acceptors (Lipinski definition) is 4. The Balaban J connectivity index is 2.72. The van der Waals surface area contributed by atoms with E-state index in [-0.39, 0.29) is 11.1 Å². The summed E-state index contributed by atoms with van der Waals surface area (Å²) < 4.78 is 6.76. The minimum atomic E-state index is -0.374. The molecule has 1 aromatic heterocycles. The van der Waals surface area contributed by atoms with Crippen molar-refractivity contribution in [1.29, 1.82) is 5.26 Å². The number of rotatable bonds is 2. The van der Waals surface area contributed by atoms with Crippen molar-refractivity contribution in [3.8, 4) is 17.5 Å². The molecule has 0 fully saturated rings. The van der Waals surface area contributed by atoms with E-state index in [2.05, 4.69) is 5.10 Å². The monoisotopic (exact) mass is 241 g/mol. The second-order valence-corrected chi connectivity index (χ2v) is 3.69. The number of hydrogen-bond donors (Lipinski definition) is 0. The highest BCUT2D eigenvalue weighted by Crippen LogP contribution is 2.21. The van der Waals surface area contributed by atoms with Gasteiger partial charge in [-0.1, -0.05) is 12.1 Å². The molecule has 2 aromatic rings. The Hall–Kier alpha value is -2.61. The standard InChI is InChI=1S/C13H11N3O2/c1-9-7-12(17)10(8-14)15-16(9)11-5-3-4-6-13(11)18-2/h3-7H,1-2H3. The van der Waals surface area contributed by atoms with Crippen LogP contribution in [0.5, 0.6) is 5.75 Å². The second-order valence-electron chi connectivity index (χ2n) is 3.69. The van der Waals surface area contributed by atoms with Crippen LogP contribution in [0.15, 0.2) is 35.1 Å². The zero-order valence-electron chi connectivity index (χ0n) is 10.0. The van der Waals surface area contributed by atoms with Gasteiger partial charge in [-0.15, -0.1) is 0 Å². The van der Waals surface area contributed by atoms with Crippen LogP contribution in [0.1, 0.15) is 11.4 Å². The molecule has 0 unspecified atom stereocenters. The van der Waals surface area contributed by atoms with E-state index in [1.807, 2.05) is 18.2 Å². The number of aryl methyl sites for hydroxylation is 1. The van der Waals surface area contributed by atoms with E-state index in [0.29, 0.717) is 17.1 Å². The van der Waals surface area contributed by atoms with Gasteiger partial charge in [0.15, 0.2) is 0 Å². The number of benzene rings is 1. The molecule has 0 saturated heterocycles. The third kappa shape index (κ3) is 1.96. The van der Waals surface area contributed by atoms with Crippen molar-refractivity contribution in [2.45, 2.75) is 6.92 Å². The Morgan fingerprint density at radius 1 is 1.39 bits per heavy atom. The maximum atomic E-state index is 11.5. The van der Waals surface area contributed by atoms with Gasteiger partial charge in [0.05, 0.1) is 7.11 Å². The van der Waals surface area contributed by atoms with Crippen LogP contribution in [0.25, 0.3) is 5.69 Å². The largest absolute Gasteiger partial charge is 0.494 e. The Labute approximate surface area is 104 Å². The van der Waals surface area contributed by atoms with Gasteiger partial charge in [-0.2, -0.15) is 10.4 Å². The van der Waals surface area contributed by atoms with Gasteiger partial charge < -0.3 is 4.74 Å². The first kappa shape index (κ1) is 11.9. The average Bonchev–Trinajstić information content (AvgIpc) is 2.39. The predicted octanol–water partition coefficient (Wildman–Crippen LogP) is 1.42. The van der Waals surface area contributed by atoms with Crippen LogP contribution in [-0.4, -0.2) is 16.9 Å². The summed E-state index contributed by atoms with van der Waals surface area (Å²) in [4.78, 5) is 11.5. The molecule has 0 aliphatic carbocycles. The molecule has 0 atom stereocenters. The van der Waals surface area contributed by atoms with Crippen molar-refractivity contribution in [2.24, 2.45) is 0 Å². The van der Waals surface area contributed by atoms with E-state index in [9.17, 15) is 4.79 Å². The molecule has 90 valence electrons. The van der Waals surface area contributed by atoms with E-state index in [1.54, 1.807) is 26.2 Å². The fourth-order valence-electron chi connectivity index (χ4n) is 1.67. The fourth-order valence-corrected chi connectivity index (χ4v) is 1.67. The first-order valence-electron chi connectivity index (χ1n) is 5.32. The molecule has 0 spiro atoms. The summed E-state index contributed by atoms with van der Waals surface area (Å²) >= 11 is 0. The molecule has 18 heavy (non-hydrogen) atoms. The second kappa shape index (κ2) is 4.72. The third-order valence-electron chi connectivity index (χ3n) is 2.53. The lowest BCUT2D eigenvalue weighted by atomic mass is 10.2. The van der Waals surface area contributed by atoms with Crippen LogP contribution in [-0.2, 0) is 0 Å². The van der Waals surface area contributed by atoms with Crippen molar-refractivity contribution < 1.29 is 4.74 Å². The molecule has 0 radical (unpaired) electrons. The summed E-state index contributed by atoms with van der Waals surface area (Å²) in [5, 5.41) is 12.9. The lowest BCUT2D eigenvalue weighted by molar-refractivity contribution is 0.411. The van der Waals surface area contributed by atoms with E-state index < -0.39 is 0 Å². The first-order valence-corrected chi connectivity index (χ1v) is 5.32. The summed E-state index contributed by atoms with van der Waals surface area (Å²) in [5.41, 5.74) is 0.824. The van der Waals surface area contributed by atoms with Crippen LogP contribution in [0, 0.1) is 18.3 Å². The van der Waals surface area contributed by atoms with Gasteiger partial charge in [-0.3, -0.25) is 4.79 Å². The minimum Gasteiger partial charge on any atom is -0.494 e. The highest BCUT2D eigenvalue weighted by Gasteiger charge is 2.10. The molecule has 2 rings (SSSR count). The quantitative estimate of drug-likeness (QED) is 0.797. The highest BCUT2D eigenvalue weighted by molar-refractivity contribution is 5.47. The SMILES string of the molecule is COc1ccccc1-n1nc(C#N)c(=O)cc1C. The van der Waals surface area contributed by atoms with E-state index in [1.165, 1.54) is 10.7 Å². The number of nitrogens with zero attached hydrogens (tertiary/aromatic N) is 3. The van der Waals surface area contributed by atoms with Crippen LogP contribution in [0.3, 0.4) is 0 Å². The third-order valence-corrected chi connectivity index (χ3v) is 2.53. The molecule has 0 N–H and O–H groups in total. The summed E-state index contributed by atoms with van der Waals surface area (Å²) in [6.07, 6.45) is 0. The lowest BCUT2D eigenvalue weighted by Gasteiger charge is -2.12. The van der Waals surface area contributed by atoms with Gasteiger partial charge >= 0.3 is 0 Å². The number of ether oxygens (including phenoxy) is 1. The maximum Gasteiger partial charge on any atom is 0.218 e. The van der Waals surface area contributed by atoms with E-state index in [0.717, 1.165) is 0 Å². The van der Waals surface area contributed by atoms with Crippen LogP contribution >= 0.6 is 0 Å². The first-order chi connectivity index (χ1) is 8.67. The average molecular weight is 241 g/mol. The zero-order chi connectivity index (χ0) is 13.1. The number of nitriles is 1. The van der Waals surface area contributed by atoms with Crippen molar-refractivity contribution in [3.63, 3.8) is 0 Å². The smallest absolute Gasteiger partial charge is 0.218 e. The van der Waals surface area contributed by atoms with Gasteiger partial charge in [0.2, 0.25) is 11.1 Å². The number of methoxy groups -OCH3 is 1. The van der Waals surface area contributed by atoms with Crippen molar-refractivity contribution in [3.05, 3.63) is 51.9 Å². The summed E-state index contributed by atoms with van der Waals surface area (Å²) in [6.45, 7) is 1.75. The minimum absolute atomic E-state index is 0.133. The Kier molecular flexibility index (Phi) is 3.11. The normalized spacial score (nSPS) is 9.83. The van der Waals surface area contributed by atoms with Crippen molar-refractivity contribution >= 4 is 0 Å². The Morgan fingerprint density at radius 2 is 2.11 bits per heavy atom. The summed E-state index contributed by atoms with van der Waals surface area (Å²) in [6, 6.07) is 10.4. The van der Waals surface area contributed by atoms with E-state index in [4.69, 9.17) is 10.00 Å². The van der Waals surface area contributed by atoms with Crippen LogP contribution < -0.4 is 10.2 Å². The number of para-hydroxylation sites is 2. The van der Waals surface area contributed by atoms with E-state index >= 15 is 0 Å². The Morgan fingerprint density at radius 3 is 2.78 bits per heavy atom. The van der Waals surface area contributed by atoms with Gasteiger partial charge in [0.25, 0.3) is 0 Å². The molecule has 1 heterocycles. The van der Waals surface area contributed by atoms with Crippen LogP contribution in [0.4, 0.5) is 0 Å². The van der Waals surface area contributed by atoms with Crippen LogP contribution in [0.2, 0.25) is 0 Å². The molecule has 1 aromatic carbocycles. The molecule has 0 aliphatic rings. The molecule has 0 saturated carbocycles. The molecule has 0 bridgehead atoms. The topological polar surface area (TPSA) is 67.9 Å². The molecule has 5 heteroatoms. The summed E-state index contributed by atoms with van der Waals surface area (Å²) in [7, 11) is 1.56. The predicted molar refractivity (Wildman–Crippen MR) is 65.8 cm³/mol. The van der Waals surface area contributed by atoms with Crippen molar-refractivity contribution in [1.82, 2.24) is 9.78 Å². The molecular formula is C13H11N3O2. The zero-order valence-corrected chi connectivity index (χ0v) is 10.0. The number of aromatic nitrogens is 2. The Bertz CT molecular complexity index is 683. The van der Waals surface area contributed by atoms with Gasteiger partial charge in [-0.25, -0.2) is 4.68 Å². The van der Waals surface area contributed by atoms with Gasteiger partial charge in [-0.05, 0) is 19.1 Å². The van der Waals surface area contributed by atoms with Gasteiger partial charge in [0.1, 0.15) is 17.5 Å².